The predicted octanol–water partition coefficient (Wildman–Crippen LogP) is 4.06. The lowest BCUT2D eigenvalue weighted by molar-refractivity contribution is -0.384. The van der Waals surface area contributed by atoms with Crippen LogP contribution in [0.15, 0.2) is 12.1 Å². The Hall–Kier alpha value is -2.99. The molecule has 2 rings (SSSR count). The molecule has 0 spiro atoms. The van der Waals surface area contributed by atoms with Crippen molar-refractivity contribution in [2.45, 2.75) is 39.2 Å². The number of hydrogen-bond acceptors (Lipinski definition) is 7. The molecule has 0 aliphatic carbocycles. The summed E-state index contributed by atoms with van der Waals surface area (Å²) in [5, 5.41) is 10.9. The van der Waals surface area contributed by atoms with E-state index in [-0.39, 0.29) is 35.0 Å². The molecule has 0 radical (unpaired) electrons. The van der Waals surface area contributed by atoms with Gasteiger partial charge in [0.15, 0.2) is 5.02 Å². The van der Waals surface area contributed by atoms with E-state index in [4.69, 9.17) is 21.1 Å². The molecule has 1 aromatic carbocycles. The molecule has 0 saturated carbocycles. The van der Waals surface area contributed by atoms with Gasteiger partial charge in [-0.15, -0.1) is 0 Å². The van der Waals surface area contributed by atoms with E-state index in [1.54, 1.807) is 4.90 Å². The highest BCUT2D eigenvalue weighted by Gasteiger charge is 2.29. The molecule has 1 atom stereocenters. The first-order chi connectivity index (χ1) is 14.5. The van der Waals surface area contributed by atoms with Crippen molar-refractivity contribution in [3.8, 4) is 17.6 Å². The van der Waals surface area contributed by atoms with E-state index in [2.05, 4.69) is 16.6 Å². The van der Waals surface area contributed by atoms with E-state index in [0.717, 1.165) is 12.5 Å². The number of nitrogens with zero attached hydrogens (tertiary/aromatic N) is 2. The maximum Gasteiger partial charge on any atom is 0.410 e. The van der Waals surface area contributed by atoms with Gasteiger partial charge >= 0.3 is 12.1 Å². The van der Waals surface area contributed by atoms with Gasteiger partial charge in [-0.3, -0.25) is 10.1 Å². The van der Waals surface area contributed by atoms with E-state index >= 15 is 0 Å². The van der Waals surface area contributed by atoms with E-state index in [0.29, 0.717) is 19.5 Å². The highest BCUT2D eigenvalue weighted by atomic mass is 35.5. The zero-order valence-corrected chi connectivity index (χ0v) is 18.7. The fourth-order valence-electron chi connectivity index (χ4n) is 2.93. The second kappa shape index (κ2) is 10.4. The van der Waals surface area contributed by atoms with Crippen LogP contribution in [0.4, 0.5) is 10.5 Å². The molecule has 31 heavy (non-hydrogen) atoms. The van der Waals surface area contributed by atoms with Crippen molar-refractivity contribution >= 4 is 29.4 Å². The standard InChI is InChI=1S/C21H25ClN2O7/c1-21(2,3)31-20(26)23-9-8-14(13-23)7-5-6-10-30-17-12-15(19(25)29-4)11-16(18(17)22)24(27)28/h11-12,14H,7-10,13H2,1-4H3. The number of hydrogen-bond donors (Lipinski definition) is 0. The van der Waals surface area contributed by atoms with Crippen molar-refractivity contribution in [2.24, 2.45) is 5.92 Å². The van der Waals surface area contributed by atoms with Crippen molar-refractivity contribution in [3.63, 3.8) is 0 Å². The van der Waals surface area contributed by atoms with Gasteiger partial charge in [-0.1, -0.05) is 23.4 Å². The van der Waals surface area contributed by atoms with Gasteiger partial charge in [0.2, 0.25) is 0 Å². The molecule has 0 N–H and O–H groups in total. The first-order valence-electron chi connectivity index (χ1n) is 9.64. The van der Waals surface area contributed by atoms with Gasteiger partial charge < -0.3 is 19.1 Å². The Morgan fingerprint density at radius 3 is 2.65 bits per heavy atom. The van der Waals surface area contributed by atoms with Crippen molar-refractivity contribution < 1.29 is 28.7 Å². The number of carbonyl (C=O) groups is 2. The predicted molar refractivity (Wildman–Crippen MR) is 113 cm³/mol. The van der Waals surface area contributed by atoms with Gasteiger partial charge in [-0.2, -0.15) is 0 Å². The van der Waals surface area contributed by atoms with Crippen LogP contribution < -0.4 is 4.74 Å². The van der Waals surface area contributed by atoms with Crippen molar-refractivity contribution in [1.29, 1.82) is 0 Å². The third kappa shape index (κ3) is 7.03. The topological polar surface area (TPSA) is 108 Å². The Bertz CT molecular complexity index is 915. The molecular weight excluding hydrogens is 428 g/mol. The molecule has 1 aromatic rings. The van der Waals surface area contributed by atoms with Crippen LogP contribution in [0.3, 0.4) is 0 Å². The minimum atomic E-state index is -0.744. The lowest BCUT2D eigenvalue weighted by Crippen LogP contribution is -2.35. The van der Waals surface area contributed by atoms with E-state index < -0.39 is 22.2 Å². The SMILES string of the molecule is COC(=O)c1cc(OCC#CCC2CCN(C(=O)OC(C)(C)C)C2)c(Cl)c([N+](=O)[O-])c1. The number of benzene rings is 1. The molecular formula is C21H25ClN2O7. The first kappa shape index (κ1) is 24.3. The molecule has 0 aromatic heterocycles. The molecule has 9 nitrogen and oxygen atoms in total. The summed E-state index contributed by atoms with van der Waals surface area (Å²) in [6, 6.07) is 2.31. The number of methoxy groups -OCH3 is 1. The molecule has 1 amide bonds. The third-order valence-corrected chi connectivity index (χ3v) is 4.77. The zero-order valence-electron chi connectivity index (χ0n) is 17.9. The Morgan fingerprint density at radius 2 is 2.03 bits per heavy atom. The fourth-order valence-corrected chi connectivity index (χ4v) is 3.16. The van der Waals surface area contributed by atoms with Crippen LogP contribution in [0.1, 0.15) is 44.0 Å². The van der Waals surface area contributed by atoms with Crippen LogP contribution >= 0.6 is 11.6 Å². The number of esters is 1. The third-order valence-electron chi connectivity index (χ3n) is 4.39. The van der Waals surface area contributed by atoms with Gasteiger partial charge in [0.1, 0.15) is 18.0 Å². The lowest BCUT2D eigenvalue weighted by Gasteiger charge is -2.24. The summed E-state index contributed by atoms with van der Waals surface area (Å²) < 4.78 is 15.4. The quantitative estimate of drug-likeness (QED) is 0.287. The summed E-state index contributed by atoms with van der Waals surface area (Å²) in [7, 11) is 1.17. The average molecular weight is 453 g/mol. The molecule has 1 heterocycles. The van der Waals surface area contributed by atoms with Gasteiger partial charge in [-0.25, -0.2) is 9.59 Å². The number of nitro benzene ring substituents is 1. The van der Waals surface area contributed by atoms with E-state index in [9.17, 15) is 19.7 Å². The fraction of sp³-hybridized carbons (Fsp3) is 0.524. The molecule has 1 aliphatic heterocycles. The lowest BCUT2D eigenvalue weighted by atomic mass is 10.1. The smallest absolute Gasteiger partial charge is 0.410 e. The second-order valence-corrected chi connectivity index (χ2v) is 8.36. The molecule has 1 aliphatic rings. The average Bonchev–Trinajstić information content (AvgIpc) is 3.16. The number of amides is 1. The molecule has 0 bridgehead atoms. The maximum absolute atomic E-state index is 12.1. The summed E-state index contributed by atoms with van der Waals surface area (Å²) in [5.41, 5.74) is -1.04. The number of carbonyl (C=O) groups excluding carboxylic acids is 2. The molecule has 1 saturated heterocycles. The Balaban J connectivity index is 1.92. The minimum Gasteiger partial charge on any atom is -0.479 e. The van der Waals surface area contributed by atoms with Crippen LogP contribution in [-0.4, -0.2) is 54.3 Å². The zero-order chi connectivity index (χ0) is 23.2. The molecule has 1 fully saturated rings. The molecule has 168 valence electrons. The second-order valence-electron chi connectivity index (χ2n) is 7.98. The highest BCUT2D eigenvalue weighted by molar-refractivity contribution is 6.34. The van der Waals surface area contributed by atoms with E-state index in [1.807, 2.05) is 20.8 Å². The van der Waals surface area contributed by atoms with Crippen LogP contribution in [-0.2, 0) is 9.47 Å². The number of likely N-dealkylation sites (tertiary alicyclic amines) is 1. The molecule has 1 unspecified atom stereocenters. The number of nitro groups is 1. The van der Waals surface area contributed by atoms with Crippen LogP contribution in [0.2, 0.25) is 5.02 Å². The summed E-state index contributed by atoms with van der Waals surface area (Å²) in [4.78, 5) is 35.9. The minimum absolute atomic E-state index is 0.0254. The van der Waals surface area contributed by atoms with Crippen molar-refractivity contribution in [1.82, 2.24) is 4.90 Å². The first-order valence-corrected chi connectivity index (χ1v) is 10.0. The molecule has 10 heteroatoms. The normalized spacial score (nSPS) is 15.6. The van der Waals surface area contributed by atoms with Gasteiger partial charge in [0, 0.05) is 25.6 Å². The Morgan fingerprint density at radius 1 is 1.32 bits per heavy atom. The van der Waals surface area contributed by atoms with Crippen molar-refractivity contribution in [2.75, 3.05) is 26.8 Å². The largest absolute Gasteiger partial charge is 0.479 e. The van der Waals surface area contributed by atoms with Crippen molar-refractivity contribution in [3.05, 3.63) is 32.8 Å². The summed E-state index contributed by atoms with van der Waals surface area (Å²) in [6.45, 7) is 6.61. The Labute approximate surface area is 185 Å². The number of ether oxygens (including phenoxy) is 3. The van der Waals surface area contributed by atoms with E-state index in [1.165, 1.54) is 13.2 Å². The van der Waals surface area contributed by atoms with Crippen LogP contribution in [0, 0.1) is 27.9 Å². The highest BCUT2D eigenvalue weighted by Crippen LogP contribution is 2.35. The number of halogens is 1. The monoisotopic (exact) mass is 452 g/mol. The number of rotatable bonds is 5. The summed E-state index contributed by atoms with van der Waals surface area (Å²) in [6.07, 6.45) is 1.07. The van der Waals surface area contributed by atoms with Gasteiger partial charge in [0.25, 0.3) is 5.69 Å². The summed E-state index contributed by atoms with van der Waals surface area (Å²) in [5.74, 6) is 5.28. The van der Waals surface area contributed by atoms with Gasteiger partial charge in [-0.05, 0) is 39.2 Å². The summed E-state index contributed by atoms with van der Waals surface area (Å²) >= 11 is 6.02. The maximum atomic E-state index is 12.1. The Kier molecular flexibility index (Phi) is 8.11. The van der Waals surface area contributed by atoms with Crippen LogP contribution in [0.5, 0.6) is 5.75 Å². The van der Waals surface area contributed by atoms with Gasteiger partial charge in [0.05, 0.1) is 17.6 Å². The van der Waals surface area contributed by atoms with Crippen LogP contribution in [0.25, 0.3) is 0 Å².